The summed E-state index contributed by atoms with van der Waals surface area (Å²) in [6.07, 6.45) is 7.16. The van der Waals surface area contributed by atoms with Gasteiger partial charge in [0.1, 0.15) is 6.61 Å². The molecule has 1 aliphatic heterocycles. The smallest absolute Gasteiger partial charge is 0.246 e. The molecule has 29 heavy (non-hydrogen) atoms. The van der Waals surface area contributed by atoms with Gasteiger partial charge in [-0.15, -0.1) is 11.6 Å². The third-order valence-electron chi connectivity index (χ3n) is 4.68. The predicted molar refractivity (Wildman–Crippen MR) is 115 cm³/mol. The third-order valence-corrected chi connectivity index (χ3v) is 4.95. The second-order valence-electron chi connectivity index (χ2n) is 6.70. The summed E-state index contributed by atoms with van der Waals surface area (Å²) in [5.41, 5.74) is 0.842. The Hall–Kier alpha value is -2.47. The van der Waals surface area contributed by atoms with E-state index in [4.69, 9.17) is 21.1 Å². The molecule has 1 aromatic carbocycles. The number of unbranched alkanes of at least 4 members (excludes halogenated alkanes) is 1. The van der Waals surface area contributed by atoms with E-state index in [0.29, 0.717) is 56.6 Å². The minimum absolute atomic E-state index is 0.0646. The van der Waals surface area contributed by atoms with E-state index in [2.05, 4.69) is 6.58 Å². The van der Waals surface area contributed by atoms with E-state index in [9.17, 15) is 9.59 Å². The molecule has 2 rings (SSSR count). The van der Waals surface area contributed by atoms with Gasteiger partial charge in [-0.3, -0.25) is 9.59 Å². The monoisotopic (exact) mass is 420 g/mol. The number of methoxy groups -OCH3 is 1. The number of ether oxygens (including phenoxy) is 2. The molecule has 0 bridgehead atoms. The predicted octanol–water partition coefficient (Wildman–Crippen LogP) is 3.35. The Morgan fingerprint density at radius 3 is 2.52 bits per heavy atom. The van der Waals surface area contributed by atoms with Crippen LogP contribution in [0.25, 0.3) is 6.08 Å². The molecule has 1 heterocycles. The zero-order chi connectivity index (χ0) is 21.1. The first-order valence-corrected chi connectivity index (χ1v) is 10.3. The Bertz CT molecular complexity index is 728. The van der Waals surface area contributed by atoms with Crippen molar-refractivity contribution >= 4 is 29.5 Å². The summed E-state index contributed by atoms with van der Waals surface area (Å²) in [5, 5.41) is 0. The van der Waals surface area contributed by atoms with Gasteiger partial charge in [0.05, 0.1) is 7.11 Å². The maximum Gasteiger partial charge on any atom is 0.246 e. The molecule has 1 saturated heterocycles. The standard InChI is InChI=1S/C22H29ClN2O4/c1-3-16-29-19-9-7-18(17-20(19)28-2)8-10-22(27)25-14-12-24(13-15-25)21(26)6-4-5-11-23/h3,7-10,17H,1,4-6,11-16H2,2H3. The van der Waals surface area contributed by atoms with Crippen molar-refractivity contribution in [1.29, 1.82) is 0 Å². The van der Waals surface area contributed by atoms with Crippen LogP contribution in [0, 0.1) is 0 Å². The largest absolute Gasteiger partial charge is 0.493 e. The highest BCUT2D eigenvalue weighted by Crippen LogP contribution is 2.28. The van der Waals surface area contributed by atoms with Crippen LogP contribution >= 0.6 is 11.6 Å². The van der Waals surface area contributed by atoms with E-state index in [0.717, 1.165) is 18.4 Å². The molecule has 0 radical (unpaired) electrons. The van der Waals surface area contributed by atoms with E-state index < -0.39 is 0 Å². The average Bonchev–Trinajstić information content (AvgIpc) is 2.76. The minimum Gasteiger partial charge on any atom is -0.493 e. The van der Waals surface area contributed by atoms with Crippen molar-refractivity contribution in [3.63, 3.8) is 0 Å². The maximum absolute atomic E-state index is 12.5. The van der Waals surface area contributed by atoms with Gasteiger partial charge in [-0.1, -0.05) is 18.7 Å². The quantitative estimate of drug-likeness (QED) is 0.252. The van der Waals surface area contributed by atoms with Gasteiger partial charge in [0, 0.05) is 44.6 Å². The third kappa shape index (κ3) is 7.13. The highest BCUT2D eigenvalue weighted by molar-refractivity contribution is 6.17. The highest BCUT2D eigenvalue weighted by Gasteiger charge is 2.22. The number of alkyl halides is 1. The van der Waals surface area contributed by atoms with Crippen molar-refractivity contribution in [3.8, 4) is 11.5 Å². The summed E-state index contributed by atoms with van der Waals surface area (Å²) in [6.45, 7) is 6.25. The highest BCUT2D eigenvalue weighted by atomic mass is 35.5. The summed E-state index contributed by atoms with van der Waals surface area (Å²) in [4.78, 5) is 28.2. The van der Waals surface area contributed by atoms with Crippen molar-refractivity contribution in [2.75, 3.05) is 45.8 Å². The first kappa shape index (κ1) is 22.8. The van der Waals surface area contributed by atoms with Crippen LogP contribution < -0.4 is 9.47 Å². The average molecular weight is 421 g/mol. The first-order chi connectivity index (χ1) is 14.1. The molecule has 0 saturated carbocycles. The summed E-state index contributed by atoms with van der Waals surface area (Å²) in [7, 11) is 1.57. The summed E-state index contributed by atoms with van der Waals surface area (Å²) >= 11 is 5.65. The Balaban J connectivity index is 1.86. The Morgan fingerprint density at radius 2 is 1.86 bits per heavy atom. The number of piperazine rings is 1. The second-order valence-corrected chi connectivity index (χ2v) is 7.07. The van der Waals surface area contributed by atoms with Crippen LogP contribution in [0.3, 0.4) is 0 Å². The number of nitrogens with zero attached hydrogens (tertiary/aromatic N) is 2. The number of hydrogen-bond acceptors (Lipinski definition) is 4. The van der Waals surface area contributed by atoms with Gasteiger partial charge in [-0.25, -0.2) is 0 Å². The molecule has 0 spiro atoms. The molecule has 0 aliphatic carbocycles. The molecule has 0 atom stereocenters. The molecule has 1 aliphatic rings. The van der Waals surface area contributed by atoms with Gasteiger partial charge in [-0.2, -0.15) is 0 Å². The molecule has 1 fully saturated rings. The molecule has 0 unspecified atom stereocenters. The number of hydrogen-bond donors (Lipinski definition) is 0. The van der Waals surface area contributed by atoms with Crippen molar-refractivity contribution in [2.45, 2.75) is 19.3 Å². The lowest BCUT2D eigenvalue weighted by Crippen LogP contribution is -2.50. The van der Waals surface area contributed by atoms with Gasteiger partial charge < -0.3 is 19.3 Å². The number of halogens is 1. The lowest BCUT2D eigenvalue weighted by atomic mass is 10.1. The van der Waals surface area contributed by atoms with Gasteiger partial charge in [-0.05, 0) is 36.6 Å². The topological polar surface area (TPSA) is 59.1 Å². The Labute approximate surface area is 177 Å². The zero-order valence-corrected chi connectivity index (χ0v) is 17.7. The molecular formula is C22H29ClN2O4. The van der Waals surface area contributed by atoms with E-state index in [-0.39, 0.29) is 11.8 Å². The fourth-order valence-electron chi connectivity index (χ4n) is 3.03. The van der Waals surface area contributed by atoms with Crippen LogP contribution in [0.15, 0.2) is 36.9 Å². The van der Waals surface area contributed by atoms with Gasteiger partial charge in [0.15, 0.2) is 11.5 Å². The molecule has 0 N–H and O–H groups in total. The molecule has 6 nitrogen and oxygen atoms in total. The maximum atomic E-state index is 12.5. The summed E-state index contributed by atoms with van der Waals surface area (Å²) in [6, 6.07) is 5.49. The van der Waals surface area contributed by atoms with Crippen LogP contribution in [-0.2, 0) is 9.59 Å². The van der Waals surface area contributed by atoms with Crippen LogP contribution in [0.4, 0.5) is 0 Å². The van der Waals surface area contributed by atoms with Crippen LogP contribution in [0.1, 0.15) is 24.8 Å². The lowest BCUT2D eigenvalue weighted by molar-refractivity contribution is -0.137. The molecule has 7 heteroatoms. The lowest BCUT2D eigenvalue weighted by Gasteiger charge is -2.34. The van der Waals surface area contributed by atoms with Crippen molar-refractivity contribution in [1.82, 2.24) is 9.80 Å². The molecule has 0 aromatic heterocycles. The van der Waals surface area contributed by atoms with E-state index in [1.807, 2.05) is 17.0 Å². The molecular weight excluding hydrogens is 392 g/mol. The zero-order valence-electron chi connectivity index (χ0n) is 16.9. The first-order valence-electron chi connectivity index (χ1n) is 9.81. The molecule has 2 amide bonds. The number of carbonyl (C=O) groups excluding carboxylic acids is 2. The Morgan fingerprint density at radius 1 is 1.14 bits per heavy atom. The van der Waals surface area contributed by atoms with Gasteiger partial charge in [0.25, 0.3) is 0 Å². The van der Waals surface area contributed by atoms with E-state index in [1.165, 1.54) is 0 Å². The normalized spacial score (nSPS) is 14.1. The molecule has 1 aromatic rings. The number of carbonyl (C=O) groups is 2. The SMILES string of the molecule is C=CCOc1ccc(C=CC(=O)N2CCN(C(=O)CCCCCl)CC2)cc1OC. The van der Waals surface area contributed by atoms with Crippen LogP contribution in [0.5, 0.6) is 11.5 Å². The van der Waals surface area contributed by atoms with Gasteiger partial charge in [0.2, 0.25) is 11.8 Å². The summed E-state index contributed by atoms with van der Waals surface area (Å²) < 4.78 is 10.9. The summed E-state index contributed by atoms with van der Waals surface area (Å²) in [5.74, 6) is 1.89. The van der Waals surface area contributed by atoms with Crippen LogP contribution in [0.2, 0.25) is 0 Å². The van der Waals surface area contributed by atoms with Gasteiger partial charge >= 0.3 is 0 Å². The Kier molecular flexibility index (Phi) is 9.57. The van der Waals surface area contributed by atoms with E-state index in [1.54, 1.807) is 36.3 Å². The fraction of sp³-hybridized carbons (Fsp3) is 0.455. The molecule has 158 valence electrons. The second kappa shape index (κ2) is 12.2. The fourth-order valence-corrected chi connectivity index (χ4v) is 3.22. The van der Waals surface area contributed by atoms with Crippen molar-refractivity contribution in [2.24, 2.45) is 0 Å². The minimum atomic E-state index is -0.0646. The van der Waals surface area contributed by atoms with Crippen molar-refractivity contribution < 1.29 is 19.1 Å². The van der Waals surface area contributed by atoms with Crippen molar-refractivity contribution in [3.05, 3.63) is 42.5 Å². The number of amides is 2. The number of rotatable bonds is 10. The van der Waals surface area contributed by atoms with Crippen LogP contribution in [-0.4, -0.2) is 67.4 Å². The van der Waals surface area contributed by atoms with E-state index >= 15 is 0 Å². The number of benzene rings is 1.